The van der Waals surface area contributed by atoms with Gasteiger partial charge in [0, 0.05) is 18.2 Å². The Morgan fingerprint density at radius 1 is 1.36 bits per heavy atom. The first-order chi connectivity index (χ1) is 6.72. The van der Waals surface area contributed by atoms with Crippen molar-refractivity contribution in [3.63, 3.8) is 0 Å². The van der Waals surface area contributed by atoms with E-state index in [-0.39, 0.29) is 0 Å². The van der Waals surface area contributed by atoms with Crippen molar-refractivity contribution in [1.82, 2.24) is 0 Å². The standard InChI is InChI=1S/C10H11ClO3/c1-2-13-7-8-3-5-9(6-4-8)14-10(11)12/h3-6H,2,7H2,1H3. The van der Waals surface area contributed by atoms with Gasteiger partial charge in [-0.15, -0.1) is 0 Å². The predicted octanol–water partition coefficient (Wildman–Crippen LogP) is 2.96. The SMILES string of the molecule is CCOCc1ccc(OC(=O)Cl)cc1. The van der Waals surface area contributed by atoms with Crippen LogP contribution in [0, 0.1) is 0 Å². The molecule has 0 radical (unpaired) electrons. The topological polar surface area (TPSA) is 35.5 Å². The lowest BCUT2D eigenvalue weighted by Crippen LogP contribution is -1.96. The first-order valence-electron chi connectivity index (χ1n) is 4.26. The fourth-order valence-corrected chi connectivity index (χ4v) is 1.06. The molecule has 3 nitrogen and oxygen atoms in total. The molecule has 0 aliphatic carbocycles. The van der Waals surface area contributed by atoms with Crippen molar-refractivity contribution in [3.8, 4) is 5.75 Å². The van der Waals surface area contributed by atoms with Crippen molar-refractivity contribution < 1.29 is 14.3 Å². The molecule has 0 N–H and O–H groups in total. The Labute approximate surface area is 87.6 Å². The molecule has 0 amide bonds. The fourth-order valence-electron chi connectivity index (χ4n) is 0.966. The molecule has 4 heteroatoms. The minimum atomic E-state index is -0.831. The van der Waals surface area contributed by atoms with Crippen molar-refractivity contribution in [2.75, 3.05) is 6.61 Å². The molecule has 0 bridgehead atoms. The highest BCUT2D eigenvalue weighted by atomic mass is 35.5. The number of benzene rings is 1. The third kappa shape index (κ3) is 3.77. The zero-order valence-electron chi connectivity index (χ0n) is 7.83. The van der Waals surface area contributed by atoms with E-state index in [2.05, 4.69) is 4.74 Å². The smallest absolute Gasteiger partial charge is 0.409 e. The molecular weight excluding hydrogens is 204 g/mol. The van der Waals surface area contributed by atoms with Gasteiger partial charge in [-0.2, -0.15) is 0 Å². The average molecular weight is 215 g/mol. The first kappa shape index (κ1) is 11.0. The van der Waals surface area contributed by atoms with Crippen molar-refractivity contribution >= 4 is 17.0 Å². The third-order valence-corrected chi connectivity index (χ3v) is 1.67. The summed E-state index contributed by atoms with van der Waals surface area (Å²) in [6.45, 7) is 3.17. The molecule has 0 spiro atoms. The van der Waals surface area contributed by atoms with Crippen molar-refractivity contribution in [2.24, 2.45) is 0 Å². The van der Waals surface area contributed by atoms with E-state index in [1.807, 2.05) is 19.1 Å². The number of hydrogen-bond donors (Lipinski definition) is 0. The maximum atomic E-state index is 10.4. The van der Waals surface area contributed by atoms with Gasteiger partial charge in [0.15, 0.2) is 0 Å². The molecule has 0 aliphatic heterocycles. The molecule has 0 atom stereocenters. The minimum Gasteiger partial charge on any atom is -0.415 e. The van der Waals surface area contributed by atoms with Crippen LogP contribution in [0.2, 0.25) is 0 Å². The van der Waals surface area contributed by atoms with Gasteiger partial charge in [-0.3, -0.25) is 0 Å². The largest absolute Gasteiger partial charge is 0.415 e. The first-order valence-corrected chi connectivity index (χ1v) is 4.64. The van der Waals surface area contributed by atoms with E-state index in [9.17, 15) is 4.79 Å². The lowest BCUT2D eigenvalue weighted by molar-refractivity contribution is 0.134. The van der Waals surface area contributed by atoms with Gasteiger partial charge in [-0.1, -0.05) is 12.1 Å². The fraction of sp³-hybridized carbons (Fsp3) is 0.300. The van der Waals surface area contributed by atoms with Gasteiger partial charge in [-0.25, -0.2) is 4.79 Å². The van der Waals surface area contributed by atoms with Crippen molar-refractivity contribution in [1.29, 1.82) is 0 Å². The molecule has 76 valence electrons. The Bertz CT molecular complexity index is 295. The molecule has 0 saturated carbocycles. The van der Waals surface area contributed by atoms with Crippen LogP contribution < -0.4 is 4.74 Å². The van der Waals surface area contributed by atoms with Crippen LogP contribution in [-0.2, 0) is 11.3 Å². The van der Waals surface area contributed by atoms with E-state index < -0.39 is 5.43 Å². The quantitative estimate of drug-likeness (QED) is 0.723. The third-order valence-electron chi connectivity index (χ3n) is 1.59. The van der Waals surface area contributed by atoms with Gasteiger partial charge in [0.25, 0.3) is 0 Å². The normalized spacial score (nSPS) is 9.86. The van der Waals surface area contributed by atoms with Gasteiger partial charge in [0.1, 0.15) is 5.75 Å². The molecule has 0 aromatic heterocycles. The highest BCUT2D eigenvalue weighted by Gasteiger charge is 1.99. The molecule has 0 aliphatic rings. The second-order valence-corrected chi connectivity index (χ2v) is 2.93. The molecule has 14 heavy (non-hydrogen) atoms. The van der Waals surface area contributed by atoms with Gasteiger partial charge >= 0.3 is 5.43 Å². The summed E-state index contributed by atoms with van der Waals surface area (Å²) in [5.41, 5.74) is 0.198. The van der Waals surface area contributed by atoms with Crippen LogP contribution in [0.1, 0.15) is 12.5 Å². The van der Waals surface area contributed by atoms with E-state index in [1.54, 1.807) is 12.1 Å². The zero-order chi connectivity index (χ0) is 10.4. The Kier molecular flexibility index (Phi) is 4.43. The van der Waals surface area contributed by atoms with Crippen LogP contribution in [0.25, 0.3) is 0 Å². The van der Waals surface area contributed by atoms with Crippen LogP contribution in [0.4, 0.5) is 4.79 Å². The highest BCUT2D eigenvalue weighted by Crippen LogP contribution is 2.13. The Morgan fingerprint density at radius 3 is 2.50 bits per heavy atom. The van der Waals surface area contributed by atoms with E-state index in [0.717, 1.165) is 5.56 Å². The second-order valence-electron chi connectivity index (χ2n) is 2.62. The van der Waals surface area contributed by atoms with Crippen molar-refractivity contribution in [3.05, 3.63) is 29.8 Å². The van der Waals surface area contributed by atoms with Gasteiger partial charge < -0.3 is 9.47 Å². The second kappa shape index (κ2) is 5.62. The van der Waals surface area contributed by atoms with Gasteiger partial charge in [-0.05, 0) is 24.6 Å². The Morgan fingerprint density at radius 2 is 2.00 bits per heavy atom. The monoisotopic (exact) mass is 214 g/mol. The summed E-state index contributed by atoms with van der Waals surface area (Å²) in [7, 11) is 0. The maximum Gasteiger partial charge on any atom is 0.409 e. The lowest BCUT2D eigenvalue weighted by Gasteiger charge is -2.03. The number of halogens is 1. The number of carbonyl (C=O) groups excluding carboxylic acids is 1. The molecule has 1 aromatic rings. The van der Waals surface area contributed by atoms with E-state index in [4.69, 9.17) is 16.3 Å². The van der Waals surface area contributed by atoms with Crippen LogP contribution >= 0.6 is 11.6 Å². The number of ether oxygens (including phenoxy) is 2. The van der Waals surface area contributed by atoms with E-state index in [1.165, 1.54) is 0 Å². The Balaban J connectivity index is 2.54. The molecule has 0 saturated heterocycles. The van der Waals surface area contributed by atoms with Crippen LogP contribution in [0.3, 0.4) is 0 Å². The average Bonchev–Trinajstić information content (AvgIpc) is 2.16. The number of rotatable bonds is 4. The van der Waals surface area contributed by atoms with Gasteiger partial charge in [0.05, 0.1) is 6.61 Å². The van der Waals surface area contributed by atoms with E-state index >= 15 is 0 Å². The lowest BCUT2D eigenvalue weighted by atomic mass is 10.2. The molecular formula is C10H11ClO3. The summed E-state index contributed by atoms with van der Waals surface area (Å²) >= 11 is 5.05. The summed E-state index contributed by atoms with van der Waals surface area (Å²) in [6, 6.07) is 7.00. The Hall–Kier alpha value is -1.06. The number of hydrogen-bond acceptors (Lipinski definition) is 3. The molecule has 0 unspecified atom stereocenters. The van der Waals surface area contributed by atoms with Crippen LogP contribution in [0.15, 0.2) is 24.3 Å². The summed E-state index contributed by atoms with van der Waals surface area (Å²) < 4.78 is 9.87. The molecule has 1 rings (SSSR count). The number of carbonyl (C=O) groups is 1. The van der Waals surface area contributed by atoms with Crippen LogP contribution in [-0.4, -0.2) is 12.0 Å². The summed E-state index contributed by atoms with van der Waals surface area (Å²) in [6.07, 6.45) is 0. The van der Waals surface area contributed by atoms with Crippen molar-refractivity contribution in [2.45, 2.75) is 13.5 Å². The zero-order valence-corrected chi connectivity index (χ0v) is 8.58. The van der Waals surface area contributed by atoms with Crippen LogP contribution in [0.5, 0.6) is 5.75 Å². The summed E-state index contributed by atoms with van der Waals surface area (Å²) in [4.78, 5) is 10.4. The summed E-state index contributed by atoms with van der Waals surface area (Å²) in [5.74, 6) is 0.435. The maximum absolute atomic E-state index is 10.4. The summed E-state index contributed by atoms with van der Waals surface area (Å²) in [5, 5.41) is 0. The molecule has 1 aromatic carbocycles. The highest BCUT2D eigenvalue weighted by molar-refractivity contribution is 6.61. The minimum absolute atomic E-state index is 0.435. The predicted molar refractivity (Wildman–Crippen MR) is 53.6 cm³/mol. The van der Waals surface area contributed by atoms with Gasteiger partial charge in [0.2, 0.25) is 0 Å². The van der Waals surface area contributed by atoms with E-state index in [0.29, 0.717) is 19.0 Å². The molecule has 0 fully saturated rings. The molecule has 0 heterocycles.